The van der Waals surface area contributed by atoms with Crippen molar-refractivity contribution >= 4 is 5.97 Å². The van der Waals surface area contributed by atoms with Gasteiger partial charge in [0.2, 0.25) is 0 Å². The number of ether oxygens (including phenoxy) is 1. The number of hydrogen-bond donors (Lipinski definition) is 0. The number of carbonyl (C=O) groups is 1. The molecule has 0 aromatic heterocycles. The third-order valence-corrected chi connectivity index (χ3v) is 0.654. The van der Waals surface area contributed by atoms with Gasteiger partial charge in [0.15, 0.2) is 0 Å². The second kappa shape index (κ2) is 4.62. The van der Waals surface area contributed by atoms with Crippen molar-refractivity contribution in [3.63, 3.8) is 0 Å². The van der Waals surface area contributed by atoms with E-state index in [-0.39, 0.29) is 5.97 Å². The van der Waals surface area contributed by atoms with E-state index < -0.39 is 0 Å². The van der Waals surface area contributed by atoms with E-state index in [4.69, 9.17) is 6.92 Å². The fraction of sp³-hybridized carbons (Fsp3) is 0.667. The predicted octanol–water partition coefficient (Wildman–Crippen LogP) is 1.04. The Kier molecular flexibility index (Phi) is 4.32. The molecule has 8 heavy (non-hydrogen) atoms. The van der Waals surface area contributed by atoms with Crippen LogP contribution in [-0.2, 0) is 9.53 Å². The Morgan fingerprint density at radius 3 is 2.75 bits per heavy atom. The quantitative estimate of drug-likeness (QED) is 0.405. The van der Waals surface area contributed by atoms with Crippen LogP contribution in [0.5, 0.6) is 0 Å². The SMILES string of the molecule is [CH]CCCOC(C)=O. The van der Waals surface area contributed by atoms with E-state index >= 15 is 0 Å². The van der Waals surface area contributed by atoms with E-state index in [0.29, 0.717) is 13.0 Å². The van der Waals surface area contributed by atoms with Gasteiger partial charge in [0.05, 0.1) is 6.61 Å². The zero-order valence-corrected chi connectivity index (χ0v) is 5.02. The molecule has 0 unspecified atom stereocenters. The van der Waals surface area contributed by atoms with Gasteiger partial charge in [-0.05, 0) is 19.8 Å². The smallest absolute Gasteiger partial charge is 0.302 e. The van der Waals surface area contributed by atoms with Gasteiger partial charge in [-0.2, -0.15) is 0 Å². The van der Waals surface area contributed by atoms with Crippen LogP contribution >= 0.6 is 0 Å². The van der Waals surface area contributed by atoms with Crippen LogP contribution in [0.4, 0.5) is 0 Å². The van der Waals surface area contributed by atoms with Crippen molar-refractivity contribution in [3.8, 4) is 0 Å². The molecule has 0 aliphatic heterocycles. The highest BCUT2D eigenvalue weighted by Gasteiger charge is 1.88. The molecule has 0 rings (SSSR count). The van der Waals surface area contributed by atoms with Crippen LogP contribution in [0.2, 0.25) is 0 Å². The molecule has 0 amide bonds. The molecule has 0 saturated heterocycles. The minimum Gasteiger partial charge on any atom is -0.466 e. The fourth-order valence-corrected chi connectivity index (χ4v) is 0.299. The molecular weight excluding hydrogens is 104 g/mol. The molecule has 0 fully saturated rings. The van der Waals surface area contributed by atoms with Crippen molar-refractivity contribution < 1.29 is 9.53 Å². The van der Waals surface area contributed by atoms with Gasteiger partial charge in [-0.1, -0.05) is 0 Å². The first-order valence-corrected chi connectivity index (χ1v) is 2.61. The molecule has 2 heteroatoms. The first-order valence-electron chi connectivity index (χ1n) is 2.61. The summed E-state index contributed by atoms with van der Waals surface area (Å²) in [5.74, 6) is -0.238. The predicted molar refractivity (Wildman–Crippen MR) is 30.2 cm³/mol. The summed E-state index contributed by atoms with van der Waals surface area (Å²) < 4.78 is 4.56. The van der Waals surface area contributed by atoms with Crippen molar-refractivity contribution in [1.82, 2.24) is 0 Å². The van der Waals surface area contributed by atoms with Gasteiger partial charge in [0, 0.05) is 6.92 Å². The second-order valence-electron chi connectivity index (χ2n) is 1.48. The normalized spacial score (nSPS) is 8.75. The van der Waals surface area contributed by atoms with Crippen LogP contribution in [0, 0.1) is 6.92 Å². The van der Waals surface area contributed by atoms with E-state index in [1.54, 1.807) is 0 Å². The lowest BCUT2D eigenvalue weighted by atomic mass is 10.4. The Morgan fingerprint density at radius 2 is 2.38 bits per heavy atom. The number of carbonyl (C=O) groups excluding carboxylic acids is 1. The van der Waals surface area contributed by atoms with Gasteiger partial charge >= 0.3 is 5.97 Å². The third kappa shape index (κ3) is 5.47. The van der Waals surface area contributed by atoms with Crippen LogP contribution in [0.15, 0.2) is 0 Å². The van der Waals surface area contributed by atoms with Gasteiger partial charge in [0.1, 0.15) is 0 Å². The van der Waals surface area contributed by atoms with Crippen molar-refractivity contribution in [2.24, 2.45) is 0 Å². The van der Waals surface area contributed by atoms with Gasteiger partial charge < -0.3 is 4.74 Å². The molecule has 0 aliphatic carbocycles. The summed E-state index contributed by atoms with van der Waals surface area (Å²) in [5.41, 5.74) is 0. The number of esters is 1. The van der Waals surface area contributed by atoms with Crippen LogP contribution in [0.25, 0.3) is 0 Å². The lowest BCUT2D eigenvalue weighted by Crippen LogP contribution is -1.99. The third-order valence-electron chi connectivity index (χ3n) is 0.654. The molecule has 0 aromatic carbocycles. The standard InChI is InChI=1S/C6H10O2/c1-3-4-5-8-6(2)7/h1H,3-5H2,2H3. The maximum atomic E-state index is 10.1. The monoisotopic (exact) mass is 114 g/mol. The number of hydrogen-bond acceptors (Lipinski definition) is 2. The highest BCUT2D eigenvalue weighted by atomic mass is 16.5. The molecular formula is C6H10O2. The van der Waals surface area contributed by atoms with Gasteiger partial charge in [-0.25, -0.2) is 0 Å². The van der Waals surface area contributed by atoms with Gasteiger partial charge in [-0.15, -0.1) is 0 Å². The zero-order chi connectivity index (χ0) is 6.41. The molecule has 0 bridgehead atoms. The average molecular weight is 114 g/mol. The molecule has 0 N–H and O–H groups in total. The molecule has 0 heterocycles. The summed E-state index contributed by atoms with van der Waals surface area (Å²) in [6, 6.07) is 0. The van der Waals surface area contributed by atoms with E-state index in [1.165, 1.54) is 6.92 Å². The van der Waals surface area contributed by atoms with E-state index in [2.05, 4.69) is 4.74 Å². The Labute approximate surface area is 49.8 Å². The summed E-state index contributed by atoms with van der Waals surface area (Å²) in [6.07, 6.45) is 1.33. The minimum absolute atomic E-state index is 0.238. The van der Waals surface area contributed by atoms with Crippen LogP contribution in [0.3, 0.4) is 0 Å². The van der Waals surface area contributed by atoms with E-state index in [1.807, 2.05) is 0 Å². The molecule has 0 aliphatic rings. The summed E-state index contributed by atoms with van der Waals surface area (Å²) in [5, 5.41) is 0. The Morgan fingerprint density at radius 1 is 1.75 bits per heavy atom. The van der Waals surface area contributed by atoms with Crippen LogP contribution in [0.1, 0.15) is 19.8 Å². The minimum atomic E-state index is -0.238. The average Bonchev–Trinajstić information content (AvgIpc) is 1.66. The Bertz CT molecular complexity index is 68.9. The second-order valence-corrected chi connectivity index (χ2v) is 1.48. The summed E-state index contributed by atoms with van der Waals surface area (Å²) in [4.78, 5) is 10.1. The Hall–Kier alpha value is -0.530. The highest BCUT2D eigenvalue weighted by molar-refractivity contribution is 5.65. The molecule has 2 radical (unpaired) electrons. The lowest BCUT2D eigenvalue weighted by molar-refractivity contribution is -0.141. The molecule has 0 aromatic rings. The molecule has 46 valence electrons. The van der Waals surface area contributed by atoms with E-state index in [9.17, 15) is 4.79 Å². The zero-order valence-electron chi connectivity index (χ0n) is 5.02. The number of unbranched alkanes of at least 4 members (excludes halogenated alkanes) is 1. The molecule has 0 atom stereocenters. The lowest BCUT2D eigenvalue weighted by Gasteiger charge is -1.96. The summed E-state index contributed by atoms with van der Waals surface area (Å²) >= 11 is 0. The molecule has 2 nitrogen and oxygen atoms in total. The highest BCUT2D eigenvalue weighted by Crippen LogP contribution is 1.86. The van der Waals surface area contributed by atoms with Gasteiger partial charge in [0.25, 0.3) is 0 Å². The maximum Gasteiger partial charge on any atom is 0.302 e. The summed E-state index contributed by atoms with van der Waals surface area (Å²) in [7, 11) is 0. The van der Waals surface area contributed by atoms with Crippen LogP contribution < -0.4 is 0 Å². The van der Waals surface area contributed by atoms with Crippen molar-refractivity contribution in [2.75, 3.05) is 6.61 Å². The van der Waals surface area contributed by atoms with Crippen molar-refractivity contribution in [2.45, 2.75) is 19.8 Å². The number of rotatable bonds is 3. The van der Waals surface area contributed by atoms with Crippen molar-refractivity contribution in [1.29, 1.82) is 0 Å². The first kappa shape index (κ1) is 7.47. The van der Waals surface area contributed by atoms with Crippen LogP contribution in [-0.4, -0.2) is 12.6 Å². The first-order chi connectivity index (χ1) is 3.77. The van der Waals surface area contributed by atoms with Gasteiger partial charge in [-0.3, -0.25) is 4.79 Å². The summed E-state index contributed by atoms with van der Waals surface area (Å²) in [6.45, 7) is 6.96. The fourth-order valence-electron chi connectivity index (χ4n) is 0.299. The maximum absolute atomic E-state index is 10.1. The Balaban J connectivity index is 2.82. The van der Waals surface area contributed by atoms with Crippen molar-refractivity contribution in [3.05, 3.63) is 6.92 Å². The molecule has 0 saturated carbocycles. The topological polar surface area (TPSA) is 26.3 Å². The molecule has 0 spiro atoms. The largest absolute Gasteiger partial charge is 0.466 e. The van der Waals surface area contributed by atoms with E-state index in [0.717, 1.165) is 6.42 Å².